The van der Waals surface area contributed by atoms with Gasteiger partial charge >= 0.3 is 12.1 Å². The van der Waals surface area contributed by atoms with Gasteiger partial charge < -0.3 is 19.5 Å². The summed E-state index contributed by atoms with van der Waals surface area (Å²) in [5, 5.41) is 9.18. The van der Waals surface area contributed by atoms with Gasteiger partial charge in [0.05, 0.1) is 19.1 Å². The van der Waals surface area contributed by atoms with Crippen LogP contribution in [0, 0.1) is 17.8 Å². The Morgan fingerprint density at radius 1 is 1.26 bits per heavy atom. The Hall–Kier alpha value is -1.30. The normalized spacial score (nSPS) is 30.9. The summed E-state index contributed by atoms with van der Waals surface area (Å²) in [4.78, 5) is 24.8. The molecule has 6 nitrogen and oxygen atoms in total. The zero-order valence-corrected chi connectivity index (χ0v) is 11.6. The van der Waals surface area contributed by atoms with Gasteiger partial charge in [-0.1, -0.05) is 0 Å². The van der Waals surface area contributed by atoms with E-state index in [4.69, 9.17) is 9.47 Å². The van der Waals surface area contributed by atoms with Crippen molar-refractivity contribution in [2.75, 3.05) is 26.3 Å². The largest absolute Gasteiger partial charge is 0.481 e. The Balaban J connectivity index is 2.01. The Kier molecular flexibility index (Phi) is 3.71. The Bertz CT molecular complexity index is 376. The Morgan fingerprint density at radius 2 is 1.95 bits per heavy atom. The third-order valence-electron chi connectivity index (χ3n) is 3.61. The first kappa shape index (κ1) is 14.1. The molecule has 0 bridgehead atoms. The number of hydrogen-bond acceptors (Lipinski definition) is 4. The molecule has 6 heteroatoms. The lowest BCUT2D eigenvalue weighted by atomic mass is 9.83. The third kappa shape index (κ3) is 3.18. The molecule has 2 aliphatic rings. The van der Waals surface area contributed by atoms with Crippen molar-refractivity contribution in [3.8, 4) is 0 Å². The number of ether oxygens (including phenoxy) is 2. The van der Waals surface area contributed by atoms with Gasteiger partial charge in [-0.2, -0.15) is 0 Å². The summed E-state index contributed by atoms with van der Waals surface area (Å²) in [7, 11) is 0. The molecule has 19 heavy (non-hydrogen) atoms. The number of hydrogen-bond donors (Lipinski definition) is 1. The van der Waals surface area contributed by atoms with Crippen molar-refractivity contribution in [3.05, 3.63) is 0 Å². The molecular weight excluding hydrogens is 250 g/mol. The van der Waals surface area contributed by atoms with Gasteiger partial charge in [-0.15, -0.1) is 0 Å². The van der Waals surface area contributed by atoms with Gasteiger partial charge in [0.25, 0.3) is 0 Å². The molecule has 2 aliphatic heterocycles. The van der Waals surface area contributed by atoms with Crippen molar-refractivity contribution < 1.29 is 24.2 Å². The number of carboxylic acid groups (broad SMARTS) is 1. The summed E-state index contributed by atoms with van der Waals surface area (Å²) in [6.07, 6.45) is -0.369. The number of aliphatic carboxylic acids is 1. The Morgan fingerprint density at radius 3 is 2.53 bits per heavy atom. The number of rotatable bonds is 1. The minimum absolute atomic E-state index is 0.0289. The van der Waals surface area contributed by atoms with Gasteiger partial charge in [-0.05, 0) is 26.7 Å². The minimum Gasteiger partial charge on any atom is -0.481 e. The quantitative estimate of drug-likeness (QED) is 0.775. The van der Waals surface area contributed by atoms with Crippen LogP contribution >= 0.6 is 0 Å². The molecule has 2 saturated heterocycles. The van der Waals surface area contributed by atoms with Gasteiger partial charge in [0.1, 0.15) is 5.60 Å². The molecule has 2 fully saturated rings. The molecule has 0 aliphatic carbocycles. The minimum atomic E-state index is -0.847. The van der Waals surface area contributed by atoms with E-state index in [0.717, 1.165) is 0 Å². The highest BCUT2D eigenvalue weighted by Gasteiger charge is 2.46. The monoisotopic (exact) mass is 271 g/mol. The molecule has 0 saturated carbocycles. The summed E-state index contributed by atoms with van der Waals surface area (Å²) in [5.74, 6) is -1.30. The molecule has 0 aromatic carbocycles. The van der Waals surface area contributed by atoms with E-state index in [1.54, 1.807) is 4.90 Å². The maximum atomic E-state index is 12.0. The van der Waals surface area contributed by atoms with E-state index in [9.17, 15) is 14.7 Å². The molecule has 0 spiro atoms. The fraction of sp³-hybridized carbons (Fsp3) is 0.846. The molecular formula is C13H21NO5. The lowest BCUT2D eigenvalue weighted by molar-refractivity contribution is -0.150. The number of carboxylic acids is 1. The first-order chi connectivity index (χ1) is 8.78. The van der Waals surface area contributed by atoms with E-state index in [-0.39, 0.29) is 24.5 Å². The number of carbonyl (C=O) groups is 2. The van der Waals surface area contributed by atoms with Crippen LogP contribution < -0.4 is 0 Å². The first-order valence-electron chi connectivity index (χ1n) is 6.56. The van der Waals surface area contributed by atoms with E-state index < -0.39 is 17.5 Å². The highest BCUT2D eigenvalue weighted by molar-refractivity contribution is 5.72. The van der Waals surface area contributed by atoms with Gasteiger partial charge in [-0.3, -0.25) is 4.79 Å². The van der Waals surface area contributed by atoms with Crippen molar-refractivity contribution in [1.82, 2.24) is 4.90 Å². The Labute approximate surface area is 112 Å². The van der Waals surface area contributed by atoms with Crippen LogP contribution in [0.5, 0.6) is 0 Å². The summed E-state index contributed by atoms with van der Waals surface area (Å²) in [6.45, 7) is 7.17. The van der Waals surface area contributed by atoms with Crippen LogP contribution in [0.25, 0.3) is 0 Å². The zero-order valence-electron chi connectivity index (χ0n) is 11.6. The van der Waals surface area contributed by atoms with E-state index in [2.05, 4.69) is 0 Å². The molecule has 108 valence electrons. The van der Waals surface area contributed by atoms with E-state index in [0.29, 0.717) is 19.7 Å². The highest BCUT2D eigenvalue weighted by Crippen LogP contribution is 2.34. The summed E-state index contributed by atoms with van der Waals surface area (Å²) >= 11 is 0. The number of likely N-dealkylation sites (tertiary alicyclic amines) is 1. The van der Waals surface area contributed by atoms with Crippen LogP contribution in [0.3, 0.4) is 0 Å². The molecule has 3 unspecified atom stereocenters. The number of carbonyl (C=O) groups excluding carboxylic acids is 1. The molecule has 0 aromatic rings. The lowest BCUT2D eigenvalue weighted by Crippen LogP contribution is -2.39. The number of nitrogens with zero attached hydrogens (tertiary/aromatic N) is 1. The smallest absolute Gasteiger partial charge is 0.410 e. The van der Waals surface area contributed by atoms with Gasteiger partial charge in [0.2, 0.25) is 0 Å². The van der Waals surface area contributed by atoms with Crippen LogP contribution in [-0.2, 0) is 14.3 Å². The van der Waals surface area contributed by atoms with Gasteiger partial charge in [-0.25, -0.2) is 4.79 Å². The van der Waals surface area contributed by atoms with E-state index in [1.807, 2.05) is 20.8 Å². The number of fused-ring (bicyclic) bond motifs is 1. The van der Waals surface area contributed by atoms with Gasteiger partial charge in [0, 0.05) is 19.0 Å². The fourth-order valence-electron chi connectivity index (χ4n) is 2.73. The second kappa shape index (κ2) is 5.00. The van der Waals surface area contributed by atoms with Crippen LogP contribution in [0.2, 0.25) is 0 Å². The molecule has 0 aromatic heterocycles. The van der Waals surface area contributed by atoms with E-state index >= 15 is 0 Å². The molecule has 1 amide bonds. The van der Waals surface area contributed by atoms with Crippen LogP contribution in [0.1, 0.15) is 20.8 Å². The van der Waals surface area contributed by atoms with Crippen LogP contribution in [0.4, 0.5) is 4.79 Å². The zero-order chi connectivity index (χ0) is 14.2. The topological polar surface area (TPSA) is 76.1 Å². The van der Waals surface area contributed by atoms with Crippen molar-refractivity contribution in [1.29, 1.82) is 0 Å². The van der Waals surface area contributed by atoms with Crippen molar-refractivity contribution >= 4 is 12.1 Å². The molecule has 1 N–H and O–H groups in total. The fourth-order valence-corrected chi connectivity index (χ4v) is 2.73. The van der Waals surface area contributed by atoms with Crippen molar-refractivity contribution in [2.24, 2.45) is 17.8 Å². The second-order valence-electron chi connectivity index (χ2n) is 6.29. The third-order valence-corrected chi connectivity index (χ3v) is 3.61. The standard InChI is InChI=1S/C13H21NO5/c1-13(2,3)19-12(17)14-4-8-6-18-7-10(11(15)16)9(8)5-14/h8-10H,4-7H2,1-3H3,(H,15,16). The lowest BCUT2D eigenvalue weighted by Gasteiger charge is -2.29. The highest BCUT2D eigenvalue weighted by atomic mass is 16.6. The van der Waals surface area contributed by atoms with E-state index in [1.165, 1.54) is 0 Å². The predicted octanol–water partition coefficient (Wildman–Crippen LogP) is 1.20. The van der Waals surface area contributed by atoms with Crippen LogP contribution in [0.15, 0.2) is 0 Å². The summed E-state index contributed by atoms with van der Waals surface area (Å²) in [5.41, 5.74) is -0.534. The maximum Gasteiger partial charge on any atom is 0.410 e. The molecule has 2 heterocycles. The second-order valence-corrected chi connectivity index (χ2v) is 6.29. The number of amides is 1. The molecule has 0 radical (unpaired) electrons. The summed E-state index contributed by atoms with van der Waals surface area (Å²) < 4.78 is 10.6. The van der Waals surface area contributed by atoms with Crippen molar-refractivity contribution in [3.63, 3.8) is 0 Å². The SMILES string of the molecule is CC(C)(C)OC(=O)N1CC2COCC(C(=O)O)C2C1. The summed E-state index contributed by atoms with van der Waals surface area (Å²) in [6, 6.07) is 0. The molecule has 3 atom stereocenters. The van der Waals surface area contributed by atoms with Crippen LogP contribution in [-0.4, -0.2) is 54.0 Å². The van der Waals surface area contributed by atoms with Crippen molar-refractivity contribution in [2.45, 2.75) is 26.4 Å². The maximum absolute atomic E-state index is 12.0. The molecule has 2 rings (SSSR count). The average Bonchev–Trinajstić information content (AvgIpc) is 2.69. The predicted molar refractivity (Wildman–Crippen MR) is 66.7 cm³/mol. The average molecular weight is 271 g/mol. The van der Waals surface area contributed by atoms with Gasteiger partial charge in [0.15, 0.2) is 0 Å². The first-order valence-corrected chi connectivity index (χ1v) is 6.56.